The molecule has 0 aliphatic carbocycles. The van der Waals surface area contributed by atoms with Gasteiger partial charge in [-0.15, -0.1) is 0 Å². The number of rotatable bonds is 10. The molecule has 0 aliphatic heterocycles. The van der Waals surface area contributed by atoms with Crippen LogP contribution in [-0.2, 0) is 14.8 Å². The van der Waals surface area contributed by atoms with Crippen LogP contribution in [0.3, 0.4) is 0 Å². The zero-order chi connectivity index (χ0) is 22.1. The van der Waals surface area contributed by atoms with Crippen molar-refractivity contribution in [2.24, 2.45) is 0 Å². The zero-order valence-electron chi connectivity index (χ0n) is 17.1. The van der Waals surface area contributed by atoms with E-state index in [0.29, 0.717) is 23.8 Å². The molecular formula is C23H24N2O5S. The Balaban J connectivity index is 1.46. The molecule has 0 heterocycles. The molecule has 0 aliphatic rings. The molecule has 3 aromatic rings. The van der Waals surface area contributed by atoms with Gasteiger partial charge in [0.25, 0.3) is 0 Å². The topological polar surface area (TPSA) is 93.7 Å². The highest BCUT2D eigenvalue weighted by atomic mass is 32.2. The number of ether oxygens (including phenoxy) is 2. The molecule has 3 aromatic carbocycles. The number of hydrogen-bond acceptors (Lipinski definition) is 5. The standard InChI is InChI=1S/C23H24N2O5S/c1-2-29-19-12-14-21(15-13-19)30-20-10-8-18(9-11-20)25-23(26)16-17-24-31(27,28)22-6-4-3-5-7-22/h3-15,24H,2,16-17H2,1H3,(H,25,26). The van der Waals surface area contributed by atoms with E-state index in [1.165, 1.54) is 12.1 Å². The summed E-state index contributed by atoms with van der Waals surface area (Å²) >= 11 is 0. The van der Waals surface area contributed by atoms with Crippen LogP contribution in [0.2, 0.25) is 0 Å². The molecule has 0 spiro atoms. The van der Waals surface area contributed by atoms with Crippen LogP contribution >= 0.6 is 0 Å². The lowest BCUT2D eigenvalue weighted by atomic mass is 10.3. The minimum atomic E-state index is -3.62. The van der Waals surface area contributed by atoms with Crippen LogP contribution < -0.4 is 19.5 Å². The number of carbonyl (C=O) groups excluding carboxylic acids is 1. The lowest BCUT2D eigenvalue weighted by Crippen LogP contribution is -2.27. The molecule has 1 amide bonds. The van der Waals surface area contributed by atoms with Crippen molar-refractivity contribution < 1.29 is 22.7 Å². The Hall–Kier alpha value is -3.36. The number of hydrogen-bond donors (Lipinski definition) is 2. The van der Waals surface area contributed by atoms with Gasteiger partial charge in [-0.1, -0.05) is 18.2 Å². The second-order valence-electron chi connectivity index (χ2n) is 6.54. The summed E-state index contributed by atoms with van der Waals surface area (Å²) in [5, 5.41) is 2.73. The summed E-state index contributed by atoms with van der Waals surface area (Å²) in [5.41, 5.74) is 0.593. The van der Waals surface area contributed by atoms with E-state index in [1.54, 1.807) is 42.5 Å². The van der Waals surface area contributed by atoms with E-state index in [2.05, 4.69) is 10.0 Å². The molecule has 3 rings (SSSR count). The van der Waals surface area contributed by atoms with Crippen LogP contribution in [-0.4, -0.2) is 27.5 Å². The van der Waals surface area contributed by atoms with E-state index in [4.69, 9.17) is 9.47 Å². The Morgan fingerprint density at radius 1 is 0.839 bits per heavy atom. The van der Waals surface area contributed by atoms with Gasteiger partial charge in [0.1, 0.15) is 17.2 Å². The van der Waals surface area contributed by atoms with Gasteiger partial charge >= 0.3 is 0 Å². The van der Waals surface area contributed by atoms with Crippen LogP contribution in [0, 0.1) is 0 Å². The SMILES string of the molecule is CCOc1ccc(Oc2ccc(NC(=O)CCNS(=O)(=O)c3ccccc3)cc2)cc1. The molecule has 0 radical (unpaired) electrons. The largest absolute Gasteiger partial charge is 0.494 e. The molecular weight excluding hydrogens is 416 g/mol. The van der Waals surface area contributed by atoms with Crippen molar-refractivity contribution >= 4 is 21.6 Å². The van der Waals surface area contributed by atoms with Crippen LogP contribution in [0.5, 0.6) is 17.2 Å². The van der Waals surface area contributed by atoms with Gasteiger partial charge in [-0.3, -0.25) is 4.79 Å². The Labute approximate surface area is 182 Å². The maximum atomic E-state index is 12.1. The van der Waals surface area contributed by atoms with Gasteiger partial charge in [-0.25, -0.2) is 13.1 Å². The molecule has 31 heavy (non-hydrogen) atoms. The van der Waals surface area contributed by atoms with Gasteiger partial charge in [-0.05, 0) is 67.6 Å². The Kier molecular flexibility index (Phi) is 7.64. The second kappa shape index (κ2) is 10.6. The highest BCUT2D eigenvalue weighted by Crippen LogP contribution is 2.25. The first-order valence-electron chi connectivity index (χ1n) is 9.81. The quantitative estimate of drug-likeness (QED) is 0.493. The van der Waals surface area contributed by atoms with E-state index < -0.39 is 10.0 Å². The summed E-state index contributed by atoms with van der Waals surface area (Å²) in [6.07, 6.45) is 0.0104. The van der Waals surface area contributed by atoms with Crippen LogP contribution in [0.4, 0.5) is 5.69 Å². The molecule has 8 heteroatoms. The van der Waals surface area contributed by atoms with Gasteiger partial charge in [-0.2, -0.15) is 0 Å². The summed E-state index contributed by atoms with van der Waals surface area (Å²) in [7, 11) is -3.62. The maximum Gasteiger partial charge on any atom is 0.240 e. The molecule has 2 N–H and O–H groups in total. The minimum Gasteiger partial charge on any atom is -0.494 e. The highest BCUT2D eigenvalue weighted by Gasteiger charge is 2.13. The Bertz CT molecular complexity index is 1080. The minimum absolute atomic E-state index is 0.00198. The van der Waals surface area contributed by atoms with Crippen molar-refractivity contribution in [1.29, 1.82) is 0 Å². The number of carbonyl (C=O) groups is 1. The van der Waals surface area contributed by atoms with E-state index in [0.717, 1.165) is 5.75 Å². The predicted molar refractivity (Wildman–Crippen MR) is 119 cm³/mol. The number of benzene rings is 3. The Morgan fingerprint density at radius 2 is 1.42 bits per heavy atom. The Morgan fingerprint density at radius 3 is 2.03 bits per heavy atom. The molecule has 0 atom stereocenters. The first kappa shape index (κ1) is 22.3. The molecule has 0 fully saturated rings. The first-order valence-corrected chi connectivity index (χ1v) is 11.3. The fourth-order valence-corrected chi connectivity index (χ4v) is 3.77. The van der Waals surface area contributed by atoms with Crippen LogP contribution in [0.1, 0.15) is 13.3 Å². The van der Waals surface area contributed by atoms with Gasteiger partial charge in [0, 0.05) is 18.7 Å². The summed E-state index contributed by atoms with van der Waals surface area (Å²) in [5.74, 6) is 1.78. The van der Waals surface area contributed by atoms with Crippen molar-refractivity contribution in [3.05, 3.63) is 78.9 Å². The normalized spacial score (nSPS) is 11.0. The number of anilines is 1. The molecule has 0 saturated carbocycles. The fraction of sp³-hybridized carbons (Fsp3) is 0.174. The van der Waals surface area contributed by atoms with Crippen molar-refractivity contribution in [3.63, 3.8) is 0 Å². The average molecular weight is 441 g/mol. The number of nitrogens with one attached hydrogen (secondary N) is 2. The lowest BCUT2D eigenvalue weighted by molar-refractivity contribution is -0.116. The highest BCUT2D eigenvalue weighted by molar-refractivity contribution is 7.89. The molecule has 162 valence electrons. The van der Waals surface area contributed by atoms with E-state index in [-0.39, 0.29) is 23.8 Å². The van der Waals surface area contributed by atoms with E-state index in [1.807, 2.05) is 31.2 Å². The lowest BCUT2D eigenvalue weighted by Gasteiger charge is -2.09. The first-order chi connectivity index (χ1) is 15.0. The van der Waals surface area contributed by atoms with Crippen LogP contribution in [0.15, 0.2) is 83.8 Å². The molecule has 7 nitrogen and oxygen atoms in total. The summed E-state index contributed by atoms with van der Waals surface area (Å²) in [4.78, 5) is 12.3. The maximum absolute atomic E-state index is 12.1. The second-order valence-corrected chi connectivity index (χ2v) is 8.31. The zero-order valence-corrected chi connectivity index (χ0v) is 17.9. The van der Waals surface area contributed by atoms with Crippen molar-refractivity contribution in [2.75, 3.05) is 18.5 Å². The van der Waals surface area contributed by atoms with E-state index >= 15 is 0 Å². The third kappa shape index (κ3) is 6.84. The number of sulfonamides is 1. The third-order valence-corrected chi connectivity index (χ3v) is 5.68. The van der Waals surface area contributed by atoms with Crippen molar-refractivity contribution in [3.8, 4) is 17.2 Å². The smallest absolute Gasteiger partial charge is 0.240 e. The molecule has 0 aromatic heterocycles. The van der Waals surface area contributed by atoms with Gasteiger partial charge in [0.15, 0.2) is 0 Å². The monoisotopic (exact) mass is 440 g/mol. The van der Waals surface area contributed by atoms with Gasteiger partial charge in [0.2, 0.25) is 15.9 Å². The molecule has 0 saturated heterocycles. The average Bonchev–Trinajstić information content (AvgIpc) is 2.77. The van der Waals surface area contributed by atoms with Gasteiger partial charge < -0.3 is 14.8 Å². The van der Waals surface area contributed by atoms with Crippen LogP contribution in [0.25, 0.3) is 0 Å². The van der Waals surface area contributed by atoms with Gasteiger partial charge in [0.05, 0.1) is 11.5 Å². The van der Waals surface area contributed by atoms with Crippen molar-refractivity contribution in [1.82, 2.24) is 4.72 Å². The van der Waals surface area contributed by atoms with Crippen molar-refractivity contribution in [2.45, 2.75) is 18.2 Å². The summed E-state index contributed by atoms with van der Waals surface area (Å²) in [6, 6.07) is 22.2. The molecule has 0 bridgehead atoms. The third-order valence-electron chi connectivity index (χ3n) is 4.21. The fourth-order valence-electron chi connectivity index (χ4n) is 2.72. The summed E-state index contributed by atoms with van der Waals surface area (Å²) < 4.78 is 37.9. The van der Waals surface area contributed by atoms with E-state index in [9.17, 15) is 13.2 Å². The number of amides is 1. The molecule has 0 unspecified atom stereocenters. The predicted octanol–water partition coefficient (Wildman–Crippen LogP) is 4.18. The summed E-state index contributed by atoms with van der Waals surface area (Å²) in [6.45, 7) is 2.53.